The van der Waals surface area contributed by atoms with Crippen LogP contribution in [0, 0.1) is 0 Å². The molecule has 0 unspecified atom stereocenters. The van der Waals surface area contributed by atoms with Gasteiger partial charge in [-0.3, -0.25) is 4.99 Å². The quantitative estimate of drug-likeness (QED) is 0.504. The van der Waals surface area contributed by atoms with Gasteiger partial charge in [0.2, 0.25) is 0 Å². The monoisotopic (exact) mass is 394 g/mol. The molecule has 0 aliphatic carbocycles. The Balaban J connectivity index is 2.32. The van der Waals surface area contributed by atoms with Crippen molar-refractivity contribution in [3.8, 4) is 5.75 Å². The van der Waals surface area contributed by atoms with Crippen molar-refractivity contribution in [2.24, 2.45) is 4.99 Å². The van der Waals surface area contributed by atoms with Crippen LogP contribution < -0.4 is 9.64 Å². The first-order chi connectivity index (χ1) is 12.6. The fourth-order valence-electron chi connectivity index (χ4n) is 2.48. The number of methoxy groups -OCH3 is 1. The highest BCUT2D eigenvalue weighted by molar-refractivity contribution is 6.18. The second kappa shape index (κ2) is 10.0. The Morgan fingerprint density at radius 2 is 1.88 bits per heavy atom. The van der Waals surface area contributed by atoms with E-state index < -0.39 is 5.97 Å². The lowest BCUT2D eigenvalue weighted by Gasteiger charge is -2.23. The van der Waals surface area contributed by atoms with Gasteiger partial charge in [0.15, 0.2) is 0 Å². The van der Waals surface area contributed by atoms with Crippen LogP contribution >= 0.6 is 23.2 Å². The lowest BCUT2D eigenvalue weighted by molar-refractivity contribution is 0.0698. The van der Waals surface area contributed by atoms with E-state index in [-0.39, 0.29) is 5.56 Å². The van der Waals surface area contributed by atoms with Gasteiger partial charge in [0.05, 0.1) is 18.4 Å². The first kappa shape index (κ1) is 20.1. The molecule has 0 amide bonds. The van der Waals surface area contributed by atoms with Gasteiger partial charge in [-0.25, -0.2) is 4.79 Å². The van der Waals surface area contributed by atoms with Crippen LogP contribution in [0.2, 0.25) is 0 Å². The Labute approximate surface area is 162 Å². The molecule has 0 radical (unpaired) electrons. The summed E-state index contributed by atoms with van der Waals surface area (Å²) in [5, 5.41) is 9.24. The summed E-state index contributed by atoms with van der Waals surface area (Å²) in [7, 11) is 1.58. The largest absolute Gasteiger partial charge is 0.496 e. The number of hydrogen-bond donors (Lipinski definition) is 1. The van der Waals surface area contributed by atoms with E-state index in [1.165, 1.54) is 6.07 Å². The predicted molar refractivity (Wildman–Crippen MR) is 107 cm³/mol. The first-order valence-corrected chi connectivity index (χ1v) is 9.09. The SMILES string of the molecule is COc1cc(N(CCCl)CCCl)ccc1C=Nc1ccccc1C(=O)O. The third-order valence-corrected chi connectivity index (χ3v) is 4.11. The average molecular weight is 395 g/mol. The fourth-order valence-corrected chi connectivity index (χ4v) is 2.89. The van der Waals surface area contributed by atoms with Gasteiger partial charge in [-0.05, 0) is 24.3 Å². The number of hydrogen-bond acceptors (Lipinski definition) is 4. The van der Waals surface area contributed by atoms with Gasteiger partial charge in [-0.2, -0.15) is 0 Å². The lowest BCUT2D eigenvalue weighted by atomic mass is 10.1. The van der Waals surface area contributed by atoms with Gasteiger partial charge >= 0.3 is 5.97 Å². The molecule has 2 rings (SSSR count). The normalized spacial score (nSPS) is 10.9. The van der Waals surface area contributed by atoms with Gasteiger partial charge in [-0.1, -0.05) is 12.1 Å². The number of carboxylic acids is 1. The Morgan fingerprint density at radius 3 is 2.50 bits per heavy atom. The number of benzene rings is 2. The predicted octanol–water partition coefficient (Wildman–Crippen LogP) is 4.43. The van der Waals surface area contributed by atoms with Gasteiger partial charge in [0.25, 0.3) is 0 Å². The van der Waals surface area contributed by atoms with Gasteiger partial charge in [-0.15, -0.1) is 23.2 Å². The number of para-hydroxylation sites is 1. The minimum atomic E-state index is -1.02. The molecule has 0 spiro atoms. The Hall–Kier alpha value is -2.24. The Kier molecular flexibility index (Phi) is 7.75. The minimum absolute atomic E-state index is 0.148. The molecule has 5 nitrogen and oxygen atoms in total. The van der Waals surface area contributed by atoms with E-state index >= 15 is 0 Å². The first-order valence-electron chi connectivity index (χ1n) is 8.02. The lowest BCUT2D eigenvalue weighted by Crippen LogP contribution is -2.27. The van der Waals surface area contributed by atoms with E-state index in [1.807, 2.05) is 18.2 Å². The second-order valence-corrected chi connectivity index (χ2v) is 6.13. The van der Waals surface area contributed by atoms with Crippen molar-refractivity contribution < 1.29 is 14.6 Å². The van der Waals surface area contributed by atoms with Crippen molar-refractivity contribution >= 4 is 46.8 Å². The third-order valence-electron chi connectivity index (χ3n) is 3.77. The maximum Gasteiger partial charge on any atom is 0.337 e. The highest BCUT2D eigenvalue weighted by atomic mass is 35.5. The summed E-state index contributed by atoms with van der Waals surface area (Å²) in [6.45, 7) is 1.35. The van der Waals surface area contributed by atoms with Crippen molar-refractivity contribution in [1.82, 2.24) is 0 Å². The summed E-state index contributed by atoms with van der Waals surface area (Å²) < 4.78 is 5.46. The number of alkyl halides is 2. The summed E-state index contributed by atoms with van der Waals surface area (Å²) in [6, 6.07) is 12.3. The number of rotatable bonds is 9. The van der Waals surface area contributed by atoms with Crippen LogP contribution in [0.15, 0.2) is 47.5 Å². The molecule has 0 saturated carbocycles. The fraction of sp³-hybridized carbons (Fsp3) is 0.263. The van der Waals surface area contributed by atoms with Gasteiger partial charge in [0, 0.05) is 48.4 Å². The standard InChI is InChI=1S/C19H20Cl2N2O3/c1-26-18-12-15(23(10-8-20)11-9-21)7-6-14(18)13-22-17-5-3-2-4-16(17)19(24)25/h2-7,12-13H,8-11H2,1H3,(H,24,25). The maximum atomic E-state index is 11.3. The van der Waals surface area contributed by atoms with E-state index in [4.69, 9.17) is 27.9 Å². The second-order valence-electron chi connectivity index (χ2n) is 5.37. The van der Waals surface area contributed by atoms with Crippen LogP contribution in [0.3, 0.4) is 0 Å². The molecule has 2 aromatic carbocycles. The Morgan fingerprint density at radius 1 is 1.19 bits per heavy atom. The number of aliphatic imine (C=N–C) groups is 1. The molecule has 138 valence electrons. The van der Waals surface area contributed by atoms with Crippen LogP contribution in [0.5, 0.6) is 5.75 Å². The zero-order valence-corrected chi connectivity index (χ0v) is 15.9. The summed E-state index contributed by atoms with van der Waals surface area (Å²) in [4.78, 5) is 17.7. The van der Waals surface area contributed by atoms with E-state index in [0.29, 0.717) is 36.3 Å². The van der Waals surface area contributed by atoms with Crippen molar-refractivity contribution in [3.63, 3.8) is 0 Å². The molecule has 0 aliphatic rings. The smallest absolute Gasteiger partial charge is 0.337 e. The summed E-state index contributed by atoms with van der Waals surface area (Å²) in [6.07, 6.45) is 1.60. The van der Waals surface area contributed by atoms with Crippen molar-refractivity contribution in [2.45, 2.75) is 0 Å². The van der Waals surface area contributed by atoms with E-state index in [0.717, 1.165) is 11.3 Å². The number of ether oxygens (including phenoxy) is 1. The van der Waals surface area contributed by atoms with Crippen LogP contribution in [-0.4, -0.2) is 49.2 Å². The molecule has 2 aromatic rings. The topological polar surface area (TPSA) is 62.1 Å². The van der Waals surface area contributed by atoms with Crippen molar-refractivity contribution in [3.05, 3.63) is 53.6 Å². The van der Waals surface area contributed by atoms with E-state index in [2.05, 4.69) is 9.89 Å². The molecule has 0 fully saturated rings. The molecule has 0 aromatic heterocycles. The molecule has 0 aliphatic heterocycles. The zero-order chi connectivity index (χ0) is 18.9. The molecule has 0 saturated heterocycles. The molecule has 26 heavy (non-hydrogen) atoms. The number of nitrogens with zero attached hydrogens (tertiary/aromatic N) is 2. The van der Waals surface area contributed by atoms with Crippen LogP contribution in [0.1, 0.15) is 15.9 Å². The molecular formula is C19H20Cl2N2O3. The summed E-state index contributed by atoms with van der Waals surface area (Å²) in [5.41, 5.74) is 2.23. The third kappa shape index (κ3) is 5.13. The number of halogens is 2. The van der Waals surface area contributed by atoms with E-state index in [9.17, 15) is 9.90 Å². The maximum absolute atomic E-state index is 11.3. The molecule has 1 N–H and O–H groups in total. The zero-order valence-electron chi connectivity index (χ0n) is 14.4. The van der Waals surface area contributed by atoms with Gasteiger partial charge < -0.3 is 14.7 Å². The van der Waals surface area contributed by atoms with Gasteiger partial charge in [0.1, 0.15) is 5.75 Å². The van der Waals surface area contributed by atoms with Crippen molar-refractivity contribution in [1.29, 1.82) is 0 Å². The molecule has 0 bridgehead atoms. The minimum Gasteiger partial charge on any atom is -0.496 e. The number of carboxylic acid groups (broad SMARTS) is 1. The highest BCUT2D eigenvalue weighted by Crippen LogP contribution is 2.26. The number of carbonyl (C=O) groups is 1. The number of aromatic carboxylic acids is 1. The molecule has 0 heterocycles. The summed E-state index contributed by atoms with van der Waals surface area (Å²) in [5.74, 6) is 0.606. The highest BCUT2D eigenvalue weighted by Gasteiger charge is 2.10. The van der Waals surface area contributed by atoms with Crippen molar-refractivity contribution in [2.75, 3.05) is 36.9 Å². The Bertz CT molecular complexity index is 775. The van der Waals surface area contributed by atoms with Crippen LogP contribution in [0.4, 0.5) is 11.4 Å². The molecule has 0 atom stereocenters. The van der Waals surface area contributed by atoms with E-state index in [1.54, 1.807) is 31.5 Å². The van der Waals surface area contributed by atoms with Crippen LogP contribution in [-0.2, 0) is 0 Å². The molecule has 7 heteroatoms. The van der Waals surface area contributed by atoms with Crippen LogP contribution in [0.25, 0.3) is 0 Å². The number of anilines is 1. The average Bonchev–Trinajstić information content (AvgIpc) is 2.66. The summed E-state index contributed by atoms with van der Waals surface area (Å²) >= 11 is 11.7. The molecular weight excluding hydrogens is 375 g/mol.